The van der Waals surface area contributed by atoms with E-state index in [2.05, 4.69) is 21.2 Å². The summed E-state index contributed by atoms with van der Waals surface area (Å²) in [5.74, 6) is -0.944. The molecular weight excluding hydrogens is 360 g/mol. The number of carboxylic acids is 1. The highest BCUT2D eigenvalue weighted by Gasteiger charge is 2.27. The third kappa shape index (κ3) is 5.55. The molecule has 116 valence electrons. The lowest BCUT2D eigenvalue weighted by Crippen LogP contribution is -2.48. The van der Waals surface area contributed by atoms with Crippen molar-refractivity contribution in [2.24, 2.45) is 0 Å². The monoisotopic (exact) mass is 376 g/mol. The SMILES string of the molecule is CC(C)(C)N(CCC(=O)O)C(=O)Nc1cc(Cl)ccc1Br. The number of benzene rings is 1. The number of nitrogens with zero attached hydrogens (tertiary/aromatic N) is 1. The minimum atomic E-state index is -0.944. The van der Waals surface area contributed by atoms with Crippen molar-refractivity contribution in [2.45, 2.75) is 32.7 Å². The van der Waals surface area contributed by atoms with Gasteiger partial charge in [0.25, 0.3) is 0 Å². The molecule has 0 radical (unpaired) electrons. The van der Waals surface area contributed by atoms with Crippen molar-refractivity contribution >= 4 is 45.2 Å². The summed E-state index contributed by atoms with van der Waals surface area (Å²) < 4.78 is 0.701. The second kappa shape index (κ2) is 7.13. The van der Waals surface area contributed by atoms with E-state index in [0.717, 1.165) is 0 Å². The normalized spacial score (nSPS) is 11.1. The smallest absolute Gasteiger partial charge is 0.322 e. The number of urea groups is 1. The Balaban J connectivity index is 2.90. The van der Waals surface area contributed by atoms with Crippen LogP contribution >= 0.6 is 27.5 Å². The predicted octanol–water partition coefficient (Wildman–Crippen LogP) is 4.21. The number of amides is 2. The number of hydrogen-bond donors (Lipinski definition) is 2. The van der Waals surface area contributed by atoms with E-state index in [9.17, 15) is 9.59 Å². The molecule has 0 aliphatic heterocycles. The summed E-state index contributed by atoms with van der Waals surface area (Å²) in [6.07, 6.45) is -0.110. The van der Waals surface area contributed by atoms with Crippen molar-refractivity contribution in [3.05, 3.63) is 27.7 Å². The van der Waals surface area contributed by atoms with Crippen LogP contribution in [0.15, 0.2) is 22.7 Å². The number of carbonyl (C=O) groups excluding carboxylic acids is 1. The molecule has 0 aliphatic rings. The first kappa shape index (κ1) is 17.8. The predicted molar refractivity (Wildman–Crippen MR) is 86.9 cm³/mol. The van der Waals surface area contributed by atoms with Crippen molar-refractivity contribution in [3.8, 4) is 0 Å². The van der Waals surface area contributed by atoms with Gasteiger partial charge in [0.2, 0.25) is 0 Å². The number of carbonyl (C=O) groups is 2. The van der Waals surface area contributed by atoms with Gasteiger partial charge in [0.05, 0.1) is 12.1 Å². The van der Waals surface area contributed by atoms with E-state index in [0.29, 0.717) is 15.2 Å². The van der Waals surface area contributed by atoms with E-state index in [-0.39, 0.29) is 19.0 Å². The molecule has 1 aromatic rings. The van der Waals surface area contributed by atoms with Crippen LogP contribution in [0.25, 0.3) is 0 Å². The van der Waals surface area contributed by atoms with E-state index < -0.39 is 11.5 Å². The van der Waals surface area contributed by atoms with Crippen molar-refractivity contribution < 1.29 is 14.7 Å². The maximum atomic E-state index is 12.4. The average molecular weight is 378 g/mol. The molecule has 0 saturated heterocycles. The van der Waals surface area contributed by atoms with Crippen LogP contribution in [0.2, 0.25) is 5.02 Å². The number of rotatable bonds is 4. The third-order valence-electron chi connectivity index (χ3n) is 2.77. The first-order valence-corrected chi connectivity index (χ1v) is 7.54. The molecule has 0 fully saturated rings. The Hall–Kier alpha value is -1.27. The summed E-state index contributed by atoms with van der Waals surface area (Å²) in [7, 11) is 0. The van der Waals surface area contributed by atoms with Crippen LogP contribution < -0.4 is 5.32 Å². The fourth-order valence-electron chi connectivity index (χ4n) is 1.73. The van der Waals surface area contributed by atoms with Gasteiger partial charge in [-0.2, -0.15) is 0 Å². The summed E-state index contributed by atoms with van der Waals surface area (Å²) >= 11 is 9.24. The first-order valence-electron chi connectivity index (χ1n) is 6.36. The first-order chi connectivity index (χ1) is 9.61. The van der Waals surface area contributed by atoms with Crippen LogP contribution in [0.4, 0.5) is 10.5 Å². The summed E-state index contributed by atoms with van der Waals surface area (Å²) in [5.41, 5.74) is 0.0435. The fraction of sp³-hybridized carbons (Fsp3) is 0.429. The van der Waals surface area contributed by atoms with E-state index >= 15 is 0 Å². The molecule has 2 N–H and O–H groups in total. The molecule has 0 bridgehead atoms. The lowest BCUT2D eigenvalue weighted by atomic mass is 10.1. The van der Waals surface area contributed by atoms with Gasteiger partial charge in [-0.25, -0.2) is 4.79 Å². The number of halogens is 2. The highest BCUT2D eigenvalue weighted by Crippen LogP contribution is 2.27. The van der Waals surface area contributed by atoms with Gasteiger partial charge < -0.3 is 15.3 Å². The standard InChI is InChI=1S/C14H18BrClN2O3/c1-14(2,3)18(7-6-12(19)20)13(21)17-11-8-9(16)4-5-10(11)15/h4-5,8H,6-7H2,1-3H3,(H,17,21)(H,19,20). The Morgan fingerprint density at radius 2 is 2.00 bits per heavy atom. The molecule has 5 nitrogen and oxygen atoms in total. The quantitative estimate of drug-likeness (QED) is 0.826. The second-order valence-corrected chi connectivity index (χ2v) is 6.81. The van der Waals surface area contributed by atoms with Crippen molar-refractivity contribution in [2.75, 3.05) is 11.9 Å². The number of hydrogen-bond acceptors (Lipinski definition) is 2. The summed E-state index contributed by atoms with van der Waals surface area (Å²) in [6, 6.07) is 4.69. The number of anilines is 1. The zero-order valence-electron chi connectivity index (χ0n) is 12.1. The molecule has 0 heterocycles. The molecule has 1 aromatic carbocycles. The number of aliphatic carboxylic acids is 1. The van der Waals surface area contributed by atoms with Gasteiger partial charge in [-0.05, 0) is 54.9 Å². The average Bonchev–Trinajstić information content (AvgIpc) is 2.32. The fourth-order valence-corrected chi connectivity index (χ4v) is 2.24. The van der Waals surface area contributed by atoms with Crippen LogP contribution in [0.3, 0.4) is 0 Å². The number of nitrogens with one attached hydrogen (secondary N) is 1. The van der Waals surface area contributed by atoms with Gasteiger partial charge in [0.15, 0.2) is 0 Å². The lowest BCUT2D eigenvalue weighted by Gasteiger charge is -2.35. The minimum Gasteiger partial charge on any atom is -0.481 e. The molecule has 0 spiro atoms. The van der Waals surface area contributed by atoms with Crippen LogP contribution in [0.5, 0.6) is 0 Å². The largest absolute Gasteiger partial charge is 0.481 e. The van der Waals surface area contributed by atoms with Gasteiger partial charge in [-0.1, -0.05) is 11.6 Å². The summed E-state index contributed by atoms with van der Waals surface area (Å²) in [5, 5.41) is 12.0. The lowest BCUT2D eigenvalue weighted by molar-refractivity contribution is -0.137. The Kier molecular flexibility index (Phi) is 6.04. The maximum absolute atomic E-state index is 12.4. The van der Waals surface area contributed by atoms with Gasteiger partial charge in [-0.15, -0.1) is 0 Å². The topological polar surface area (TPSA) is 69.6 Å². The van der Waals surface area contributed by atoms with Crippen molar-refractivity contribution in [3.63, 3.8) is 0 Å². The van der Waals surface area contributed by atoms with Crippen LogP contribution in [-0.4, -0.2) is 34.1 Å². The van der Waals surface area contributed by atoms with Crippen molar-refractivity contribution in [1.29, 1.82) is 0 Å². The molecule has 0 aromatic heterocycles. The Morgan fingerprint density at radius 1 is 1.38 bits per heavy atom. The molecule has 0 atom stereocenters. The van der Waals surface area contributed by atoms with E-state index in [1.165, 1.54) is 4.90 Å². The highest BCUT2D eigenvalue weighted by atomic mass is 79.9. The maximum Gasteiger partial charge on any atom is 0.322 e. The van der Waals surface area contributed by atoms with Crippen LogP contribution in [0.1, 0.15) is 27.2 Å². The second-order valence-electron chi connectivity index (χ2n) is 5.52. The highest BCUT2D eigenvalue weighted by molar-refractivity contribution is 9.10. The molecule has 7 heteroatoms. The van der Waals surface area contributed by atoms with Gasteiger partial charge in [0.1, 0.15) is 0 Å². The molecule has 2 amide bonds. The Morgan fingerprint density at radius 3 is 2.52 bits per heavy atom. The Bertz CT molecular complexity index is 544. The molecule has 0 saturated carbocycles. The molecule has 21 heavy (non-hydrogen) atoms. The van der Waals surface area contributed by atoms with Crippen LogP contribution in [0, 0.1) is 0 Å². The van der Waals surface area contributed by atoms with Gasteiger partial charge in [-0.3, -0.25) is 4.79 Å². The summed E-state index contributed by atoms with van der Waals surface area (Å²) in [6.45, 7) is 5.67. The molecule has 0 unspecified atom stereocenters. The van der Waals surface area contributed by atoms with E-state index in [1.807, 2.05) is 20.8 Å². The van der Waals surface area contributed by atoms with Gasteiger partial charge >= 0.3 is 12.0 Å². The summed E-state index contributed by atoms with van der Waals surface area (Å²) in [4.78, 5) is 24.6. The minimum absolute atomic E-state index is 0.110. The van der Waals surface area contributed by atoms with E-state index in [4.69, 9.17) is 16.7 Å². The third-order valence-corrected chi connectivity index (χ3v) is 3.70. The Labute approximate surface area is 137 Å². The molecule has 1 rings (SSSR count). The number of carboxylic acid groups (broad SMARTS) is 1. The zero-order valence-corrected chi connectivity index (χ0v) is 14.5. The van der Waals surface area contributed by atoms with Crippen molar-refractivity contribution in [1.82, 2.24) is 4.90 Å². The van der Waals surface area contributed by atoms with E-state index in [1.54, 1.807) is 18.2 Å². The zero-order chi connectivity index (χ0) is 16.2. The molecule has 0 aliphatic carbocycles. The van der Waals surface area contributed by atoms with Gasteiger partial charge in [0, 0.05) is 21.6 Å². The van der Waals surface area contributed by atoms with Crippen LogP contribution in [-0.2, 0) is 4.79 Å². The molecular formula is C14H18BrClN2O3.